The van der Waals surface area contributed by atoms with Crippen LogP contribution in [0.2, 0.25) is 0 Å². The molecule has 0 spiro atoms. The molecule has 0 bridgehead atoms. The number of nitrogens with zero attached hydrogens (tertiary/aromatic N) is 1. The summed E-state index contributed by atoms with van der Waals surface area (Å²) in [6, 6.07) is 4.44. The summed E-state index contributed by atoms with van der Waals surface area (Å²) in [5.74, 6) is -0.457. The van der Waals surface area contributed by atoms with E-state index in [1.165, 1.54) is 12.1 Å². The number of hydrogen-bond donors (Lipinski definition) is 2. The lowest BCUT2D eigenvalue weighted by atomic mass is 10.0. The van der Waals surface area contributed by atoms with E-state index >= 15 is 0 Å². The normalized spacial score (nSPS) is 24.4. The van der Waals surface area contributed by atoms with Crippen LogP contribution in [0.4, 0.5) is 4.39 Å². The summed E-state index contributed by atoms with van der Waals surface area (Å²) in [6.45, 7) is 6.41. The number of nitrogens with one attached hydrogen (secondary N) is 1. The Bertz CT molecular complexity index is 468. The zero-order chi connectivity index (χ0) is 14.0. The first-order chi connectivity index (χ1) is 8.95. The molecule has 1 aliphatic rings. The Morgan fingerprint density at radius 3 is 2.63 bits per heavy atom. The molecule has 0 unspecified atom stereocenters. The van der Waals surface area contributed by atoms with Crippen LogP contribution in [0.5, 0.6) is 0 Å². The third-order valence-corrected chi connectivity index (χ3v) is 3.25. The third kappa shape index (κ3) is 3.52. The summed E-state index contributed by atoms with van der Waals surface area (Å²) in [6.07, 6.45) is 0.370. The minimum absolute atomic E-state index is 0.0937. The number of rotatable bonds is 3. The second-order valence-electron chi connectivity index (χ2n) is 5.17. The molecule has 0 aromatic heterocycles. The summed E-state index contributed by atoms with van der Waals surface area (Å²) in [4.78, 5) is 2.25. The fourth-order valence-electron chi connectivity index (χ4n) is 2.59. The van der Waals surface area contributed by atoms with Gasteiger partial charge in [-0.3, -0.25) is 10.3 Å². The Morgan fingerprint density at radius 1 is 1.42 bits per heavy atom. The van der Waals surface area contributed by atoms with E-state index in [1.54, 1.807) is 6.07 Å². The SMILES string of the molecule is C[C@@H]1CN(Cc2ccc(F)cc2C(=N)N)C[C@H](C)O1. The molecular formula is C14H20FN3O. The molecule has 1 saturated heterocycles. The largest absolute Gasteiger partial charge is 0.384 e. The maximum Gasteiger partial charge on any atom is 0.123 e. The van der Waals surface area contributed by atoms with Crippen LogP contribution in [0.3, 0.4) is 0 Å². The Balaban J connectivity index is 2.16. The molecule has 2 rings (SSSR count). The third-order valence-electron chi connectivity index (χ3n) is 3.25. The first-order valence-corrected chi connectivity index (χ1v) is 6.46. The predicted molar refractivity (Wildman–Crippen MR) is 72.7 cm³/mol. The van der Waals surface area contributed by atoms with Gasteiger partial charge in [-0.05, 0) is 31.5 Å². The summed E-state index contributed by atoms with van der Waals surface area (Å²) in [5, 5.41) is 7.54. The van der Waals surface area contributed by atoms with Crippen LogP contribution >= 0.6 is 0 Å². The molecule has 4 nitrogen and oxygen atoms in total. The molecule has 5 heteroatoms. The van der Waals surface area contributed by atoms with Crippen molar-refractivity contribution in [3.63, 3.8) is 0 Å². The molecule has 1 fully saturated rings. The lowest BCUT2D eigenvalue weighted by molar-refractivity contribution is -0.0705. The van der Waals surface area contributed by atoms with Crippen molar-refractivity contribution < 1.29 is 9.13 Å². The average Bonchev–Trinajstić information content (AvgIpc) is 2.30. The molecule has 1 aromatic carbocycles. The zero-order valence-corrected chi connectivity index (χ0v) is 11.3. The van der Waals surface area contributed by atoms with Crippen molar-refractivity contribution in [3.05, 3.63) is 35.1 Å². The summed E-state index contributed by atoms with van der Waals surface area (Å²) in [5.41, 5.74) is 6.88. The van der Waals surface area contributed by atoms with Gasteiger partial charge in [-0.2, -0.15) is 0 Å². The van der Waals surface area contributed by atoms with Crippen molar-refractivity contribution in [2.45, 2.75) is 32.6 Å². The number of nitrogen functional groups attached to an aromatic ring is 1. The maximum absolute atomic E-state index is 13.2. The van der Waals surface area contributed by atoms with E-state index in [0.29, 0.717) is 12.1 Å². The van der Waals surface area contributed by atoms with Crippen LogP contribution in [-0.2, 0) is 11.3 Å². The summed E-state index contributed by atoms with van der Waals surface area (Å²) < 4.78 is 18.9. The molecule has 0 saturated carbocycles. The highest BCUT2D eigenvalue weighted by Crippen LogP contribution is 2.17. The molecule has 1 aromatic rings. The molecule has 1 heterocycles. The molecule has 0 amide bonds. The highest BCUT2D eigenvalue weighted by molar-refractivity contribution is 5.96. The van der Waals surface area contributed by atoms with Crippen LogP contribution < -0.4 is 5.73 Å². The number of halogens is 1. The van der Waals surface area contributed by atoms with E-state index in [-0.39, 0.29) is 23.9 Å². The summed E-state index contributed by atoms with van der Waals surface area (Å²) in [7, 11) is 0. The van der Waals surface area contributed by atoms with Crippen molar-refractivity contribution in [1.82, 2.24) is 4.90 Å². The van der Waals surface area contributed by atoms with Crippen molar-refractivity contribution in [2.75, 3.05) is 13.1 Å². The Morgan fingerprint density at radius 2 is 2.05 bits per heavy atom. The smallest absolute Gasteiger partial charge is 0.123 e. The van der Waals surface area contributed by atoms with Crippen molar-refractivity contribution in [1.29, 1.82) is 5.41 Å². The van der Waals surface area contributed by atoms with Gasteiger partial charge in [0.15, 0.2) is 0 Å². The number of ether oxygens (including phenoxy) is 1. The quantitative estimate of drug-likeness (QED) is 0.646. The molecule has 104 valence electrons. The monoisotopic (exact) mass is 265 g/mol. The van der Waals surface area contributed by atoms with Gasteiger partial charge in [0, 0.05) is 25.2 Å². The number of benzene rings is 1. The predicted octanol–water partition coefficient (Wildman–Crippen LogP) is 1.72. The van der Waals surface area contributed by atoms with Crippen LogP contribution in [-0.4, -0.2) is 36.0 Å². The van der Waals surface area contributed by atoms with Crippen molar-refractivity contribution >= 4 is 5.84 Å². The molecule has 0 aliphatic carbocycles. The van der Waals surface area contributed by atoms with E-state index in [1.807, 2.05) is 13.8 Å². The van der Waals surface area contributed by atoms with Crippen LogP contribution in [0.25, 0.3) is 0 Å². The van der Waals surface area contributed by atoms with Crippen LogP contribution in [0.15, 0.2) is 18.2 Å². The van der Waals surface area contributed by atoms with E-state index in [0.717, 1.165) is 18.7 Å². The molecule has 3 N–H and O–H groups in total. The Labute approximate surface area is 112 Å². The minimum Gasteiger partial charge on any atom is -0.384 e. The molecular weight excluding hydrogens is 245 g/mol. The molecule has 19 heavy (non-hydrogen) atoms. The fourth-order valence-corrected chi connectivity index (χ4v) is 2.59. The van der Waals surface area contributed by atoms with E-state index in [4.69, 9.17) is 15.9 Å². The van der Waals surface area contributed by atoms with Gasteiger partial charge in [0.2, 0.25) is 0 Å². The standard InChI is InChI=1S/C14H20FN3O/c1-9-6-18(7-10(2)19-9)8-11-3-4-12(15)5-13(11)14(16)17/h3-5,9-10H,6-8H2,1-2H3,(H3,16,17)/t9-,10+. The first-order valence-electron chi connectivity index (χ1n) is 6.46. The van der Waals surface area contributed by atoms with Gasteiger partial charge in [-0.25, -0.2) is 4.39 Å². The van der Waals surface area contributed by atoms with Crippen molar-refractivity contribution in [2.24, 2.45) is 5.73 Å². The topological polar surface area (TPSA) is 62.3 Å². The number of morpholine rings is 1. The number of nitrogens with two attached hydrogens (primary N) is 1. The number of amidine groups is 1. The van der Waals surface area contributed by atoms with E-state index < -0.39 is 0 Å². The van der Waals surface area contributed by atoms with Gasteiger partial charge in [0.1, 0.15) is 11.7 Å². The Hall–Kier alpha value is -1.46. The lowest BCUT2D eigenvalue weighted by Gasteiger charge is -2.35. The zero-order valence-electron chi connectivity index (χ0n) is 11.3. The van der Waals surface area contributed by atoms with Gasteiger partial charge < -0.3 is 10.5 Å². The average molecular weight is 265 g/mol. The van der Waals surface area contributed by atoms with E-state index in [9.17, 15) is 4.39 Å². The van der Waals surface area contributed by atoms with Gasteiger partial charge >= 0.3 is 0 Å². The van der Waals surface area contributed by atoms with Gasteiger partial charge in [0.25, 0.3) is 0 Å². The number of hydrogen-bond acceptors (Lipinski definition) is 3. The van der Waals surface area contributed by atoms with E-state index in [2.05, 4.69) is 4.90 Å². The van der Waals surface area contributed by atoms with Crippen molar-refractivity contribution in [3.8, 4) is 0 Å². The van der Waals surface area contributed by atoms with Crippen LogP contribution in [0, 0.1) is 11.2 Å². The molecule has 2 atom stereocenters. The van der Waals surface area contributed by atoms with Gasteiger partial charge in [-0.15, -0.1) is 0 Å². The van der Waals surface area contributed by atoms with Gasteiger partial charge in [-0.1, -0.05) is 6.07 Å². The highest BCUT2D eigenvalue weighted by Gasteiger charge is 2.23. The second-order valence-corrected chi connectivity index (χ2v) is 5.17. The second kappa shape index (κ2) is 5.67. The Kier molecular flexibility index (Phi) is 4.17. The lowest BCUT2D eigenvalue weighted by Crippen LogP contribution is -2.45. The molecule has 0 radical (unpaired) electrons. The van der Waals surface area contributed by atoms with Crippen LogP contribution in [0.1, 0.15) is 25.0 Å². The highest BCUT2D eigenvalue weighted by atomic mass is 19.1. The van der Waals surface area contributed by atoms with Gasteiger partial charge in [0.05, 0.1) is 12.2 Å². The fraction of sp³-hybridized carbons (Fsp3) is 0.500. The molecule has 1 aliphatic heterocycles. The summed E-state index contributed by atoms with van der Waals surface area (Å²) >= 11 is 0. The first kappa shape index (κ1) is 14.0. The minimum atomic E-state index is -0.363. The maximum atomic E-state index is 13.2.